The normalized spacial score (nSPS) is 10.5. The van der Waals surface area contributed by atoms with E-state index in [9.17, 15) is 9.18 Å². The number of nitrogens with zero attached hydrogens (tertiary/aromatic N) is 2. The molecule has 0 atom stereocenters. The minimum Gasteiger partial charge on any atom is -0.457 e. The van der Waals surface area contributed by atoms with Gasteiger partial charge in [-0.3, -0.25) is 4.79 Å². The van der Waals surface area contributed by atoms with Crippen LogP contribution >= 0.6 is 0 Å². The van der Waals surface area contributed by atoms with Gasteiger partial charge in [0.05, 0.1) is 5.69 Å². The van der Waals surface area contributed by atoms with Gasteiger partial charge in [-0.2, -0.15) is 0 Å². The first-order valence-corrected chi connectivity index (χ1v) is 11.2. The van der Waals surface area contributed by atoms with Crippen LogP contribution in [0.4, 0.5) is 21.6 Å². The molecule has 1 aromatic heterocycles. The maximum absolute atomic E-state index is 13.1. The van der Waals surface area contributed by atoms with Crippen molar-refractivity contribution in [2.24, 2.45) is 0 Å². The second-order valence-electron chi connectivity index (χ2n) is 7.91. The third-order valence-corrected chi connectivity index (χ3v) is 5.29. The molecule has 0 saturated heterocycles. The molecule has 176 valence electrons. The van der Waals surface area contributed by atoms with Gasteiger partial charge in [0.2, 0.25) is 0 Å². The highest BCUT2D eigenvalue weighted by Crippen LogP contribution is 2.24. The van der Waals surface area contributed by atoms with Crippen LogP contribution < -0.4 is 15.4 Å². The molecule has 36 heavy (non-hydrogen) atoms. The summed E-state index contributed by atoms with van der Waals surface area (Å²) in [5, 5.41) is 14.4. The molecular weight excluding hydrogens is 455 g/mol. The number of carbonyl (C=O) groups is 1. The number of carbonyl (C=O) groups excluding carboxylic acids is 1. The molecule has 4 aromatic carbocycles. The Kier molecular flexibility index (Phi) is 6.62. The summed E-state index contributed by atoms with van der Waals surface area (Å²) in [7, 11) is 0. The Morgan fingerprint density at radius 3 is 2.17 bits per heavy atom. The van der Waals surface area contributed by atoms with Gasteiger partial charge in [-0.25, -0.2) is 4.39 Å². The van der Waals surface area contributed by atoms with E-state index in [1.165, 1.54) is 12.1 Å². The summed E-state index contributed by atoms with van der Waals surface area (Å²) in [5.74, 6) is 1.40. The summed E-state index contributed by atoms with van der Waals surface area (Å²) >= 11 is 0. The summed E-state index contributed by atoms with van der Waals surface area (Å²) in [5.41, 5.74) is 3.24. The molecule has 0 radical (unpaired) electrons. The van der Waals surface area contributed by atoms with Crippen LogP contribution in [0.3, 0.4) is 0 Å². The van der Waals surface area contributed by atoms with Gasteiger partial charge in [0.1, 0.15) is 17.3 Å². The minimum atomic E-state index is -0.303. The fourth-order valence-corrected chi connectivity index (χ4v) is 3.49. The zero-order chi connectivity index (χ0) is 24.7. The Morgan fingerprint density at radius 2 is 1.44 bits per heavy atom. The van der Waals surface area contributed by atoms with E-state index in [1.807, 2.05) is 36.4 Å². The summed E-state index contributed by atoms with van der Waals surface area (Å²) < 4.78 is 18.9. The number of nitrogens with one attached hydrogen (secondary N) is 2. The zero-order valence-electron chi connectivity index (χ0n) is 19.1. The van der Waals surface area contributed by atoms with E-state index < -0.39 is 0 Å². The molecule has 1 heterocycles. The van der Waals surface area contributed by atoms with Crippen molar-refractivity contribution in [3.8, 4) is 22.8 Å². The van der Waals surface area contributed by atoms with E-state index in [0.717, 1.165) is 11.3 Å². The Bertz CT molecular complexity index is 1460. The molecular formula is C29H21FN4O2. The molecule has 0 saturated carbocycles. The van der Waals surface area contributed by atoms with Crippen LogP contribution in [0.5, 0.6) is 11.5 Å². The standard InChI is InChI=1S/C29H21FN4O2/c30-22-11-9-20(10-12-22)27-17-18-28(34-33-27)31-24-6-4-5-21(19-24)29(35)32-23-13-15-26(16-14-23)36-25-7-2-1-3-8-25/h1-19H,(H,31,34)(H,32,35). The highest BCUT2D eigenvalue weighted by Gasteiger charge is 2.09. The number of anilines is 3. The molecule has 2 N–H and O–H groups in total. The van der Waals surface area contributed by atoms with Crippen LogP contribution in [0.15, 0.2) is 115 Å². The summed E-state index contributed by atoms with van der Waals surface area (Å²) in [6, 6.07) is 33.4. The average Bonchev–Trinajstić information content (AvgIpc) is 2.91. The summed E-state index contributed by atoms with van der Waals surface area (Å²) in [6.07, 6.45) is 0. The number of halogens is 1. The number of ether oxygens (including phenoxy) is 1. The third kappa shape index (κ3) is 5.71. The van der Waals surface area contributed by atoms with E-state index in [4.69, 9.17) is 4.74 Å². The fraction of sp³-hybridized carbons (Fsp3) is 0. The highest BCUT2D eigenvalue weighted by molar-refractivity contribution is 6.04. The molecule has 1 amide bonds. The summed E-state index contributed by atoms with van der Waals surface area (Å²) in [4.78, 5) is 12.8. The van der Waals surface area contributed by atoms with Crippen molar-refractivity contribution in [3.05, 3.63) is 127 Å². The van der Waals surface area contributed by atoms with Crippen LogP contribution in [-0.4, -0.2) is 16.1 Å². The average molecular weight is 477 g/mol. The Balaban J connectivity index is 1.21. The van der Waals surface area contributed by atoms with Gasteiger partial charge in [0.15, 0.2) is 5.82 Å². The molecule has 0 aliphatic heterocycles. The topological polar surface area (TPSA) is 76.1 Å². The molecule has 0 spiro atoms. The lowest BCUT2D eigenvalue weighted by molar-refractivity contribution is 0.102. The maximum atomic E-state index is 13.1. The predicted octanol–water partition coefficient (Wildman–Crippen LogP) is 7.07. The molecule has 6 nitrogen and oxygen atoms in total. The fourth-order valence-electron chi connectivity index (χ4n) is 3.49. The number of hydrogen-bond donors (Lipinski definition) is 2. The van der Waals surface area contributed by atoms with Crippen LogP contribution in [0.25, 0.3) is 11.3 Å². The van der Waals surface area contributed by atoms with Gasteiger partial charge in [-0.15, -0.1) is 10.2 Å². The first kappa shape index (κ1) is 22.7. The second kappa shape index (κ2) is 10.5. The Hall–Kier alpha value is -5.04. The van der Waals surface area contributed by atoms with Crippen molar-refractivity contribution in [1.82, 2.24) is 10.2 Å². The van der Waals surface area contributed by atoms with Gasteiger partial charge < -0.3 is 15.4 Å². The van der Waals surface area contributed by atoms with E-state index in [1.54, 1.807) is 66.7 Å². The molecule has 7 heteroatoms. The number of amides is 1. The van der Waals surface area contributed by atoms with Crippen LogP contribution in [0, 0.1) is 5.82 Å². The van der Waals surface area contributed by atoms with Gasteiger partial charge in [-0.05, 0) is 91.0 Å². The third-order valence-electron chi connectivity index (χ3n) is 5.29. The number of rotatable bonds is 7. The lowest BCUT2D eigenvalue weighted by Crippen LogP contribution is -2.12. The minimum absolute atomic E-state index is 0.242. The lowest BCUT2D eigenvalue weighted by Gasteiger charge is -2.10. The molecule has 0 bridgehead atoms. The molecule has 5 aromatic rings. The van der Waals surface area contributed by atoms with E-state index in [2.05, 4.69) is 20.8 Å². The van der Waals surface area contributed by atoms with Crippen molar-refractivity contribution >= 4 is 23.1 Å². The Morgan fingerprint density at radius 1 is 0.694 bits per heavy atom. The summed E-state index contributed by atoms with van der Waals surface area (Å²) in [6.45, 7) is 0. The van der Waals surface area contributed by atoms with Crippen molar-refractivity contribution in [2.75, 3.05) is 10.6 Å². The smallest absolute Gasteiger partial charge is 0.255 e. The maximum Gasteiger partial charge on any atom is 0.255 e. The van der Waals surface area contributed by atoms with E-state index in [-0.39, 0.29) is 11.7 Å². The van der Waals surface area contributed by atoms with Crippen molar-refractivity contribution < 1.29 is 13.9 Å². The highest BCUT2D eigenvalue weighted by atomic mass is 19.1. The Labute approximate surface area is 207 Å². The predicted molar refractivity (Wildman–Crippen MR) is 138 cm³/mol. The van der Waals surface area contributed by atoms with Crippen molar-refractivity contribution in [3.63, 3.8) is 0 Å². The van der Waals surface area contributed by atoms with E-state index >= 15 is 0 Å². The van der Waals surface area contributed by atoms with Gasteiger partial charge in [0, 0.05) is 22.5 Å². The van der Waals surface area contributed by atoms with Gasteiger partial charge in [-0.1, -0.05) is 24.3 Å². The quantitative estimate of drug-likeness (QED) is 0.263. The van der Waals surface area contributed by atoms with E-state index in [0.29, 0.717) is 34.2 Å². The van der Waals surface area contributed by atoms with Gasteiger partial charge in [0.25, 0.3) is 5.91 Å². The molecule has 0 aliphatic rings. The number of hydrogen-bond acceptors (Lipinski definition) is 5. The molecule has 0 fully saturated rings. The van der Waals surface area contributed by atoms with Crippen LogP contribution in [0.1, 0.15) is 10.4 Å². The molecule has 5 rings (SSSR count). The number of aromatic nitrogens is 2. The van der Waals surface area contributed by atoms with Crippen LogP contribution in [0.2, 0.25) is 0 Å². The number of benzene rings is 4. The largest absolute Gasteiger partial charge is 0.457 e. The van der Waals surface area contributed by atoms with Gasteiger partial charge >= 0.3 is 0 Å². The number of para-hydroxylation sites is 1. The SMILES string of the molecule is O=C(Nc1ccc(Oc2ccccc2)cc1)c1cccc(Nc2ccc(-c3ccc(F)cc3)nn2)c1. The van der Waals surface area contributed by atoms with Crippen molar-refractivity contribution in [1.29, 1.82) is 0 Å². The van der Waals surface area contributed by atoms with Crippen molar-refractivity contribution in [2.45, 2.75) is 0 Å². The first-order valence-electron chi connectivity index (χ1n) is 11.2. The van der Waals surface area contributed by atoms with Crippen LogP contribution in [-0.2, 0) is 0 Å². The lowest BCUT2D eigenvalue weighted by atomic mass is 10.1. The second-order valence-corrected chi connectivity index (χ2v) is 7.91. The molecule has 0 aliphatic carbocycles. The monoisotopic (exact) mass is 476 g/mol. The molecule has 0 unspecified atom stereocenters. The first-order chi connectivity index (χ1) is 17.6. The zero-order valence-corrected chi connectivity index (χ0v) is 19.1.